The second kappa shape index (κ2) is 7.83. The van der Waals surface area contributed by atoms with Crippen molar-refractivity contribution in [1.82, 2.24) is 29.0 Å². The topological polar surface area (TPSA) is 107 Å². The smallest absolute Gasteiger partial charge is 0.262 e. The number of aromatic nitrogens is 5. The van der Waals surface area contributed by atoms with Gasteiger partial charge < -0.3 is 9.09 Å². The van der Waals surface area contributed by atoms with Crippen molar-refractivity contribution in [1.29, 1.82) is 0 Å². The molecule has 0 N–H and O–H groups in total. The first-order valence-corrected chi connectivity index (χ1v) is 12.1. The molecular formula is C21H26N6O3S. The Bertz CT molecular complexity index is 1150. The summed E-state index contributed by atoms with van der Waals surface area (Å²) in [7, 11) is -1.95. The Hall–Kier alpha value is -2.59. The van der Waals surface area contributed by atoms with E-state index >= 15 is 0 Å². The third kappa shape index (κ3) is 3.67. The summed E-state index contributed by atoms with van der Waals surface area (Å²) in [5.74, 6) is 1.89. The molecular weight excluding hydrogens is 416 g/mol. The predicted octanol–water partition coefficient (Wildman–Crippen LogP) is 2.74. The zero-order chi connectivity index (χ0) is 21.6. The molecule has 1 aliphatic heterocycles. The summed E-state index contributed by atoms with van der Waals surface area (Å²) in [6, 6.07) is 3.84. The van der Waals surface area contributed by atoms with Crippen LogP contribution >= 0.6 is 0 Å². The average molecular weight is 443 g/mol. The first-order valence-electron chi connectivity index (χ1n) is 10.7. The maximum Gasteiger partial charge on any atom is 0.262 e. The molecule has 3 aromatic rings. The van der Waals surface area contributed by atoms with Gasteiger partial charge in [-0.25, -0.2) is 13.4 Å². The molecule has 0 unspecified atom stereocenters. The molecule has 4 heterocycles. The van der Waals surface area contributed by atoms with Gasteiger partial charge in [-0.05, 0) is 31.4 Å². The lowest BCUT2D eigenvalue weighted by atomic mass is 9.90. The van der Waals surface area contributed by atoms with Crippen molar-refractivity contribution in [3.05, 3.63) is 53.8 Å². The highest BCUT2D eigenvalue weighted by Crippen LogP contribution is 2.42. The number of sulfonamides is 1. The molecule has 3 aromatic heterocycles. The molecule has 1 saturated heterocycles. The fourth-order valence-corrected chi connectivity index (χ4v) is 6.19. The Morgan fingerprint density at radius 3 is 2.58 bits per heavy atom. The molecule has 1 aliphatic carbocycles. The van der Waals surface area contributed by atoms with Crippen molar-refractivity contribution in [2.75, 3.05) is 13.1 Å². The number of rotatable bonds is 5. The van der Waals surface area contributed by atoms with Crippen LogP contribution in [0.5, 0.6) is 0 Å². The minimum atomic E-state index is -3.74. The molecule has 0 bridgehead atoms. The second-order valence-corrected chi connectivity index (χ2v) is 10.4. The third-order valence-electron chi connectivity index (χ3n) is 6.58. The quantitative estimate of drug-likeness (QED) is 0.598. The van der Waals surface area contributed by atoms with Crippen LogP contribution in [0.2, 0.25) is 0 Å². The lowest BCUT2D eigenvalue weighted by Crippen LogP contribution is -2.29. The van der Waals surface area contributed by atoms with Crippen LogP contribution in [0.3, 0.4) is 0 Å². The van der Waals surface area contributed by atoms with Crippen LogP contribution in [-0.2, 0) is 17.1 Å². The molecule has 10 heteroatoms. The van der Waals surface area contributed by atoms with E-state index in [4.69, 9.17) is 9.51 Å². The number of hydrogen-bond acceptors (Lipinski definition) is 7. The van der Waals surface area contributed by atoms with E-state index in [1.807, 2.05) is 12.1 Å². The summed E-state index contributed by atoms with van der Waals surface area (Å²) in [5.41, 5.74) is 0.961. The molecule has 31 heavy (non-hydrogen) atoms. The Balaban J connectivity index is 1.48. The number of imidazole rings is 1. The highest BCUT2D eigenvalue weighted by Gasteiger charge is 2.44. The van der Waals surface area contributed by atoms with Crippen LogP contribution in [-0.4, -0.2) is 50.5 Å². The van der Waals surface area contributed by atoms with E-state index < -0.39 is 10.0 Å². The maximum absolute atomic E-state index is 13.3. The van der Waals surface area contributed by atoms with Gasteiger partial charge in [-0.3, -0.25) is 4.98 Å². The fraction of sp³-hybridized carbons (Fsp3) is 0.524. The van der Waals surface area contributed by atoms with Crippen LogP contribution in [0.4, 0.5) is 0 Å². The maximum atomic E-state index is 13.3. The summed E-state index contributed by atoms with van der Waals surface area (Å²) < 4.78 is 35.5. The zero-order valence-corrected chi connectivity index (χ0v) is 18.5. The molecule has 164 valence electrons. The van der Waals surface area contributed by atoms with E-state index in [-0.39, 0.29) is 23.4 Å². The Morgan fingerprint density at radius 2 is 1.90 bits per heavy atom. The van der Waals surface area contributed by atoms with Gasteiger partial charge in [0.2, 0.25) is 5.89 Å². The lowest BCUT2D eigenvalue weighted by Gasteiger charge is -2.15. The van der Waals surface area contributed by atoms with Gasteiger partial charge in [-0.2, -0.15) is 9.29 Å². The van der Waals surface area contributed by atoms with Gasteiger partial charge in [-0.1, -0.05) is 24.1 Å². The van der Waals surface area contributed by atoms with Crippen molar-refractivity contribution < 1.29 is 12.9 Å². The lowest BCUT2D eigenvalue weighted by molar-refractivity contribution is 0.342. The SMILES string of the molecule is Cc1nc(S(=O)(=O)N2C[C@@H](c3cccnc3)[C@H](c3nc(C4CCCC4)no3)C2)cn1C. The van der Waals surface area contributed by atoms with Crippen LogP contribution in [0.1, 0.15) is 66.5 Å². The third-order valence-corrected chi connectivity index (χ3v) is 8.29. The molecule has 0 spiro atoms. The van der Waals surface area contributed by atoms with Gasteiger partial charge in [-0.15, -0.1) is 0 Å². The molecule has 9 nitrogen and oxygen atoms in total. The van der Waals surface area contributed by atoms with Gasteiger partial charge in [0.05, 0.1) is 5.92 Å². The first-order chi connectivity index (χ1) is 14.9. The van der Waals surface area contributed by atoms with Crippen molar-refractivity contribution in [2.24, 2.45) is 7.05 Å². The Kier molecular flexibility index (Phi) is 5.13. The van der Waals surface area contributed by atoms with E-state index in [0.717, 1.165) is 24.2 Å². The largest absolute Gasteiger partial charge is 0.339 e. The van der Waals surface area contributed by atoms with Crippen LogP contribution in [0, 0.1) is 6.92 Å². The van der Waals surface area contributed by atoms with Crippen LogP contribution < -0.4 is 0 Å². The van der Waals surface area contributed by atoms with Crippen molar-refractivity contribution in [2.45, 2.75) is 55.4 Å². The first kappa shape index (κ1) is 20.3. The van der Waals surface area contributed by atoms with E-state index in [0.29, 0.717) is 24.2 Å². The van der Waals surface area contributed by atoms with Gasteiger partial charge in [0.25, 0.3) is 10.0 Å². The molecule has 2 atom stereocenters. The van der Waals surface area contributed by atoms with E-state index in [1.165, 1.54) is 17.1 Å². The number of aryl methyl sites for hydroxylation is 2. The summed E-state index contributed by atoms with van der Waals surface area (Å²) in [6.45, 7) is 2.37. The highest BCUT2D eigenvalue weighted by molar-refractivity contribution is 7.89. The van der Waals surface area contributed by atoms with Crippen LogP contribution in [0.25, 0.3) is 0 Å². The summed E-state index contributed by atoms with van der Waals surface area (Å²) >= 11 is 0. The van der Waals surface area contributed by atoms with Gasteiger partial charge in [0.1, 0.15) is 5.82 Å². The molecule has 2 aliphatic rings. The normalized spacial score (nSPS) is 23.0. The van der Waals surface area contributed by atoms with Crippen molar-refractivity contribution >= 4 is 10.0 Å². The van der Waals surface area contributed by atoms with Crippen molar-refractivity contribution in [3.8, 4) is 0 Å². The number of pyridine rings is 1. The predicted molar refractivity (Wildman–Crippen MR) is 112 cm³/mol. The summed E-state index contributed by atoms with van der Waals surface area (Å²) in [4.78, 5) is 13.2. The molecule has 0 radical (unpaired) electrons. The van der Waals surface area contributed by atoms with E-state index in [2.05, 4.69) is 15.1 Å². The minimum absolute atomic E-state index is 0.0651. The number of hydrogen-bond donors (Lipinski definition) is 0. The Morgan fingerprint density at radius 1 is 1.13 bits per heavy atom. The molecule has 5 rings (SSSR count). The standard InChI is InChI=1S/C21H26N6O3S/c1-14-23-19(13-26(14)2)31(28,29)27-11-17(16-8-5-9-22-10-16)18(12-27)21-24-20(25-30-21)15-6-3-4-7-15/h5,8-10,13,15,17-18H,3-4,6-7,11-12H2,1-2H3/t17-,18+/m0/s1. The monoisotopic (exact) mass is 442 g/mol. The van der Waals surface area contributed by atoms with E-state index in [9.17, 15) is 8.42 Å². The zero-order valence-electron chi connectivity index (χ0n) is 17.7. The molecule has 0 aromatic carbocycles. The average Bonchev–Trinajstić information content (AvgIpc) is 3.55. The van der Waals surface area contributed by atoms with Gasteiger partial charge in [0, 0.05) is 50.6 Å². The molecule has 2 fully saturated rings. The highest BCUT2D eigenvalue weighted by atomic mass is 32.2. The van der Waals surface area contributed by atoms with Gasteiger partial charge in [0.15, 0.2) is 10.9 Å². The fourth-order valence-electron chi connectivity index (χ4n) is 4.68. The second-order valence-electron chi connectivity index (χ2n) is 8.53. The Labute approximate surface area is 181 Å². The van der Waals surface area contributed by atoms with Gasteiger partial charge >= 0.3 is 0 Å². The number of nitrogens with zero attached hydrogens (tertiary/aromatic N) is 6. The molecule has 1 saturated carbocycles. The van der Waals surface area contributed by atoms with Crippen LogP contribution in [0.15, 0.2) is 40.3 Å². The minimum Gasteiger partial charge on any atom is -0.339 e. The van der Waals surface area contributed by atoms with E-state index in [1.54, 1.807) is 37.1 Å². The molecule has 0 amide bonds. The summed E-state index contributed by atoms with van der Waals surface area (Å²) in [6.07, 6.45) is 9.58. The van der Waals surface area contributed by atoms with Crippen molar-refractivity contribution in [3.63, 3.8) is 0 Å². The summed E-state index contributed by atoms with van der Waals surface area (Å²) in [5, 5.41) is 4.31.